The fraction of sp³-hybridized carbons (Fsp3) is 1.00. The minimum absolute atomic E-state index is 0.187. The van der Waals surface area contributed by atoms with Crippen LogP contribution in [0.5, 0.6) is 0 Å². The maximum atomic E-state index is 9.63. The number of ether oxygens (including phenoxy) is 2. The van der Waals surface area contributed by atoms with Gasteiger partial charge in [0.15, 0.2) is 0 Å². The average molecular weight is 226 g/mol. The number of methoxy groups -OCH3 is 1. The summed E-state index contributed by atoms with van der Waals surface area (Å²) < 4.78 is 10.4. The Kier molecular flexibility index (Phi) is 3.91. The summed E-state index contributed by atoms with van der Waals surface area (Å²) in [6.45, 7) is 0. The molecule has 1 fully saturated rings. The normalized spacial score (nSPS) is 45.5. The number of hydrogen-bond acceptors (Lipinski definition) is 6. The van der Waals surface area contributed by atoms with Gasteiger partial charge in [-0.3, -0.25) is 0 Å². The van der Waals surface area contributed by atoms with Gasteiger partial charge in [-0.2, -0.15) is 25.3 Å². The van der Waals surface area contributed by atoms with Gasteiger partial charge in [-0.25, -0.2) is 0 Å². The van der Waals surface area contributed by atoms with Gasteiger partial charge < -0.3 is 19.7 Å². The molecule has 1 heterocycles. The molecule has 4 atom stereocenters. The van der Waals surface area contributed by atoms with Crippen LogP contribution in [-0.4, -0.2) is 52.9 Å². The van der Waals surface area contributed by atoms with E-state index in [1.54, 1.807) is 0 Å². The van der Waals surface area contributed by atoms with Crippen molar-refractivity contribution in [3.63, 3.8) is 0 Å². The van der Waals surface area contributed by atoms with Crippen molar-refractivity contribution in [2.24, 2.45) is 0 Å². The fourth-order valence-corrected chi connectivity index (χ4v) is 2.05. The smallest absolute Gasteiger partial charge is 0.206 e. The molecule has 13 heavy (non-hydrogen) atoms. The lowest BCUT2D eigenvalue weighted by molar-refractivity contribution is -0.226. The lowest BCUT2D eigenvalue weighted by Gasteiger charge is -2.28. The second kappa shape index (κ2) is 4.37. The monoisotopic (exact) mass is 226 g/mol. The Bertz CT molecular complexity index is 174. The standard InChI is InChI=1S/C7H14O4S2/c1-10-7(3-13)6(9)5(8)4(2-12)11-7/h4-6,8-9,12-13H,2-3H2,1H3/t4-,5+,6?,7-/m1/s1. The highest BCUT2D eigenvalue weighted by molar-refractivity contribution is 7.80. The molecular weight excluding hydrogens is 212 g/mol. The minimum atomic E-state index is -1.20. The molecule has 0 saturated carbocycles. The van der Waals surface area contributed by atoms with Crippen LogP contribution in [0.2, 0.25) is 0 Å². The molecule has 2 N–H and O–H groups in total. The first-order valence-electron chi connectivity index (χ1n) is 3.92. The first kappa shape index (κ1) is 11.6. The molecule has 0 aliphatic carbocycles. The van der Waals surface area contributed by atoms with Crippen molar-refractivity contribution in [1.29, 1.82) is 0 Å². The number of thiol groups is 2. The molecule has 0 spiro atoms. The first-order valence-corrected chi connectivity index (χ1v) is 5.18. The summed E-state index contributed by atoms with van der Waals surface area (Å²) in [6, 6.07) is 0. The molecule has 0 radical (unpaired) electrons. The van der Waals surface area contributed by atoms with Crippen LogP contribution in [0.3, 0.4) is 0 Å². The van der Waals surface area contributed by atoms with E-state index >= 15 is 0 Å². The van der Waals surface area contributed by atoms with Crippen LogP contribution in [0.1, 0.15) is 0 Å². The minimum Gasteiger partial charge on any atom is -0.387 e. The Balaban J connectivity index is 2.79. The summed E-state index contributed by atoms with van der Waals surface area (Å²) in [5.41, 5.74) is 0. The summed E-state index contributed by atoms with van der Waals surface area (Å²) in [5, 5.41) is 19.1. The molecule has 4 nitrogen and oxygen atoms in total. The van der Waals surface area contributed by atoms with Crippen molar-refractivity contribution in [3.8, 4) is 0 Å². The molecule has 1 saturated heterocycles. The zero-order valence-corrected chi connectivity index (χ0v) is 9.04. The van der Waals surface area contributed by atoms with Crippen molar-refractivity contribution < 1.29 is 19.7 Å². The van der Waals surface area contributed by atoms with E-state index in [0.717, 1.165) is 0 Å². The highest BCUT2D eigenvalue weighted by Gasteiger charge is 2.53. The second-order valence-corrected chi connectivity index (χ2v) is 3.63. The van der Waals surface area contributed by atoms with Crippen LogP contribution in [0, 0.1) is 0 Å². The number of hydrogen-bond donors (Lipinski definition) is 4. The molecule has 0 aromatic rings. The molecule has 0 amide bonds. The van der Waals surface area contributed by atoms with Crippen molar-refractivity contribution >= 4 is 25.3 Å². The van der Waals surface area contributed by atoms with Gasteiger partial charge in [-0.15, -0.1) is 0 Å². The molecule has 1 aliphatic rings. The Morgan fingerprint density at radius 1 is 1.46 bits per heavy atom. The molecule has 0 aromatic carbocycles. The van der Waals surface area contributed by atoms with Crippen LogP contribution in [0.25, 0.3) is 0 Å². The van der Waals surface area contributed by atoms with Gasteiger partial charge in [-0.05, 0) is 0 Å². The third-order valence-electron chi connectivity index (χ3n) is 2.25. The molecule has 0 aromatic heterocycles. The Morgan fingerprint density at radius 2 is 2.08 bits per heavy atom. The van der Waals surface area contributed by atoms with Gasteiger partial charge in [0, 0.05) is 18.6 Å². The zero-order valence-electron chi connectivity index (χ0n) is 7.25. The summed E-state index contributed by atoms with van der Waals surface area (Å²) in [4.78, 5) is 0. The first-order chi connectivity index (χ1) is 6.11. The van der Waals surface area contributed by atoms with Crippen LogP contribution in [0.4, 0.5) is 0 Å². The van der Waals surface area contributed by atoms with Crippen LogP contribution < -0.4 is 0 Å². The van der Waals surface area contributed by atoms with Gasteiger partial charge in [0.05, 0.1) is 6.10 Å². The van der Waals surface area contributed by atoms with E-state index in [0.29, 0.717) is 5.75 Å². The maximum Gasteiger partial charge on any atom is 0.206 e. The van der Waals surface area contributed by atoms with Crippen molar-refractivity contribution in [2.75, 3.05) is 18.6 Å². The summed E-state index contributed by atoms with van der Waals surface area (Å²) in [5.74, 6) is -0.682. The maximum absolute atomic E-state index is 9.63. The van der Waals surface area contributed by atoms with E-state index in [1.165, 1.54) is 7.11 Å². The van der Waals surface area contributed by atoms with Gasteiger partial charge >= 0.3 is 0 Å². The molecule has 0 bridgehead atoms. The van der Waals surface area contributed by atoms with Crippen LogP contribution in [-0.2, 0) is 9.47 Å². The largest absolute Gasteiger partial charge is 0.387 e. The molecule has 1 unspecified atom stereocenters. The summed E-state index contributed by atoms with van der Waals surface area (Å²) in [6.07, 6.45) is -2.55. The molecule has 6 heteroatoms. The van der Waals surface area contributed by atoms with E-state index < -0.39 is 24.1 Å². The van der Waals surface area contributed by atoms with E-state index in [2.05, 4.69) is 25.3 Å². The summed E-state index contributed by atoms with van der Waals surface area (Å²) in [7, 11) is 1.41. The number of aliphatic hydroxyl groups excluding tert-OH is 2. The summed E-state index contributed by atoms with van der Waals surface area (Å²) >= 11 is 8.01. The average Bonchev–Trinajstić information content (AvgIpc) is 2.42. The highest BCUT2D eigenvalue weighted by Crippen LogP contribution is 2.33. The molecule has 1 aliphatic heterocycles. The number of aliphatic hydroxyl groups is 2. The second-order valence-electron chi connectivity index (χ2n) is 2.95. The zero-order chi connectivity index (χ0) is 10.1. The van der Waals surface area contributed by atoms with E-state index in [1.807, 2.05) is 0 Å². The Hall–Kier alpha value is 0.540. The van der Waals surface area contributed by atoms with Gasteiger partial charge in [0.25, 0.3) is 0 Å². The number of rotatable bonds is 3. The molecular formula is C7H14O4S2. The lowest BCUT2D eigenvalue weighted by atomic mass is 10.1. The Morgan fingerprint density at radius 3 is 2.31 bits per heavy atom. The van der Waals surface area contributed by atoms with Crippen molar-refractivity contribution in [1.82, 2.24) is 0 Å². The van der Waals surface area contributed by atoms with E-state index in [-0.39, 0.29) is 5.75 Å². The van der Waals surface area contributed by atoms with Crippen LogP contribution >= 0.6 is 25.3 Å². The Labute approximate surface area is 88.0 Å². The fourth-order valence-electron chi connectivity index (χ4n) is 1.37. The SMILES string of the molecule is CO[C@]1(CS)O[C@H](CS)[C@H](O)C1O. The third-order valence-corrected chi connectivity index (χ3v) is 3.05. The molecule has 78 valence electrons. The van der Waals surface area contributed by atoms with Gasteiger partial charge in [0.2, 0.25) is 5.79 Å². The predicted octanol–water partition coefficient (Wildman–Crippen LogP) is -0.691. The van der Waals surface area contributed by atoms with Gasteiger partial charge in [-0.1, -0.05) is 0 Å². The third kappa shape index (κ3) is 1.84. The van der Waals surface area contributed by atoms with Crippen molar-refractivity contribution in [2.45, 2.75) is 24.1 Å². The van der Waals surface area contributed by atoms with E-state index in [4.69, 9.17) is 9.47 Å². The quantitative estimate of drug-likeness (QED) is 0.481. The van der Waals surface area contributed by atoms with Crippen LogP contribution in [0.15, 0.2) is 0 Å². The topological polar surface area (TPSA) is 58.9 Å². The van der Waals surface area contributed by atoms with E-state index in [9.17, 15) is 10.2 Å². The lowest BCUT2D eigenvalue weighted by Crippen LogP contribution is -2.46. The highest BCUT2D eigenvalue weighted by atomic mass is 32.1. The van der Waals surface area contributed by atoms with Crippen molar-refractivity contribution in [3.05, 3.63) is 0 Å². The predicted molar refractivity (Wildman–Crippen MR) is 54.3 cm³/mol. The van der Waals surface area contributed by atoms with Gasteiger partial charge in [0.1, 0.15) is 12.2 Å². The molecule has 1 rings (SSSR count).